The Morgan fingerprint density at radius 3 is 2.71 bits per heavy atom. The van der Waals surface area contributed by atoms with Crippen molar-refractivity contribution in [2.24, 2.45) is 0 Å². The largest absolute Gasteiger partial charge is 0.382 e. The predicted octanol–water partition coefficient (Wildman–Crippen LogP) is 4.03. The lowest BCUT2D eigenvalue weighted by Crippen LogP contribution is -2.44. The number of anilines is 1. The Balaban J connectivity index is 1.60. The fraction of sp³-hybridized carbons (Fsp3) is 0.471. The lowest BCUT2D eigenvalue weighted by atomic mass is 9.97. The minimum absolute atomic E-state index is 0.591. The van der Waals surface area contributed by atoms with E-state index < -0.39 is 0 Å². The van der Waals surface area contributed by atoms with Crippen LogP contribution in [0.1, 0.15) is 25.7 Å². The summed E-state index contributed by atoms with van der Waals surface area (Å²) < 4.78 is 1.08. The summed E-state index contributed by atoms with van der Waals surface area (Å²) in [6.07, 6.45) is 7.15. The van der Waals surface area contributed by atoms with Crippen LogP contribution in [0.3, 0.4) is 0 Å². The molecule has 0 amide bonds. The van der Waals surface area contributed by atoms with E-state index in [-0.39, 0.29) is 0 Å². The molecule has 3 heterocycles. The van der Waals surface area contributed by atoms with E-state index in [1.165, 1.54) is 36.8 Å². The van der Waals surface area contributed by atoms with Crippen LogP contribution in [0.15, 0.2) is 34.9 Å². The van der Waals surface area contributed by atoms with Gasteiger partial charge in [-0.3, -0.25) is 4.98 Å². The molecule has 4 rings (SSSR count). The zero-order chi connectivity index (χ0) is 14.4. The number of pyridine rings is 1. The Morgan fingerprint density at radius 1 is 1.19 bits per heavy atom. The predicted molar refractivity (Wildman–Crippen MR) is 90.7 cm³/mol. The zero-order valence-corrected chi connectivity index (χ0v) is 13.8. The third kappa shape index (κ3) is 2.44. The quantitative estimate of drug-likeness (QED) is 0.890. The Morgan fingerprint density at radius 2 is 1.95 bits per heavy atom. The summed E-state index contributed by atoms with van der Waals surface area (Å²) in [6.45, 7) is 0. The van der Waals surface area contributed by atoms with Crippen LogP contribution in [0, 0.1) is 0 Å². The van der Waals surface area contributed by atoms with Crippen LogP contribution in [0.4, 0.5) is 5.69 Å². The van der Waals surface area contributed by atoms with Crippen molar-refractivity contribution in [1.82, 2.24) is 9.88 Å². The Bertz CT molecular complexity index is 658. The number of nitrogens with one attached hydrogen (secondary N) is 1. The number of rotatable bonds is 2. The van der Waals surface area contributed by atoms with E-state index in [1.54, 1.807) is 0 Å². The Labute approximate surface area is 133 Å². The number of halogens is 1. The van der Waals surface area contributed by atoms with Crippen LogP contribution >= 0.6 is 15.9 Å². The second-order valence-corrected chi connectivity index (χ2v) is 7.30. The van der Waals surface area contributed by atoms with Gasteiger partial charge in [0.05, 0.1) is 5.52 Å². The smallest absolute Gasteiger partial charge is 0.0733 e. The monoisotopic (exact) mass is 345 g/mol. The van der Waals surface area contributed by atoms with Gasteiger partial charge in [-0.25, -0.2) is 0 Å². The standard InChI is InChI=1S/C17H20BrN3/c1-21-13-3-4-14(21)10-12(9-13)20-16-6-7-19-17-8-11(18)2-5-15(16)17/h2,5-8,12-14H,3-4,9-10H2,1H3,(H,19,20). The Kier molecular flexibility index (Phi) is 3.38. The van der Waals surface area contributed by atoms with E-state index in [9.17, 15) is 0 Å². The molecular formula is C17H20BrN3. The topological polar surface area (TPSA) is 28.2 Å². The van der Waals surface area contributed by atoms with Crippen molar-refractivity contribution in [3.8, 4) is 0 Å². The van der Waals surface area contributed by atoms with Crippen molar-refractivity contribution in [3.05, 3.63) is 34.9 Å². The molecule has 0 spiro atoms. The van der Waals surface area contributed by atoms with Gasteiger partial charge in [-0.1, -0.05) is 15.9 Å². The van der Waals surface area contributed by atoms with Crippen LogP contribution in [0.2, 0.25) is 0 Å². The molecule has 0 saturated carbocycles. The number of aromatic nitrogens is 1. The maximum atomic E-state index is 4.47. The number of benzene rings is 1. The van der Waals surface area contributed by atoms with Gasteiger partial charge in [0.1, 0.15) is 0 Å². The average Bonchev–Trinajstić information content (AvgIpc) is 2.70. The van der Waals surface area contributed by atoms with Crippen molar-refractivity contribution in [1.29, 1.82) is 0 Å². The van der Waals surface area contributed by atoms with E-state index in [0.717, 1.165) is 22.1 Å². The lowest BCUT2D eigenvalue weighted by molar-refractivity contribution is 0.169. The normalized spacial score (nSPS) is 29.0. The van der Waals surface area contributed by atoms with Crippen molar-refractivity contribution in [3.63, 3.8) is 0 Å². The second-order valence-electron chi connectivity index (χ2n) is 6.38. The van der Waals surface area contributed by atoms with Crippen LogP contribution in [0.5, 0.6) is 0 Å². The van der Waals surface area contributed by atoms with Crippen LogP contribution in [-0.2, 0) is 0 Å². The minimum Gasteiger partial charge on any atom is -0.382 e. The van der Waals surface area contributed by atoms with Crippen LogP contribution < -0.4 is 5.32 Å². The van der Waals surface area contributed by atoms with Crippen molar-refractivity contribution in [2.75, 3.05) is 12.4 Å². The molecule has 2 fully saturated rings. The summed E-state index contributed by atoms with van der Waals surface area (Å²) in [4.78, 5) is 7.06. The summed E-state index contributed by atoms with van der Waals surface area (Å²) in [5, 5.41) is 5.00. The Hall–Kier alpha value is -1.13. The van der Waals surface area contributed by atoms with Crippen molar-refractivity contribution in [2.45, 2.75) is 43.8 Å². The maximum Gasteiger partial charge on any atom is 0.0733 e. The molecule has 2 unspecified atom stereocenters. The third-order valence-corrected chi connectivity index (χ3v) is 5.66. The van der Waals surface area contributed by atoms with Gasteiger partial charge in [0.2, 0.25) is 0 Å². The van der Waals surface area contributed by atoms with Crippen LogP contribution in [-0.4, -0.2) is 35.1 Å². The molecule has 2 saturated heterocycles. The fourth-order valence-electron chi connectivity index (χ4n) is 4.00. The van der Waals surface area contributed by atoms with Gasteiger partial charge in [-0.05, 0) is 57.0 Å². The van der Waals surface area contributed by atoms with E-state index in [4.69, 9.17) is 0 Å². The first-order chi connectivity index (χ1) is 10.2. The first-order valence-electron chi connectivity index (χ1n) is 7.73. The van der Waals surface area contributed by atoms with E-state index in [0.29, 0.717) is 6.04 Å². The molecule has 110 valence electrons. The molecule has 0 aliphatic carbocycles. The summed E-state index contributed by atoms with van der Waals surface area (Å²) in [5.74, 6) is 0. The number of hydrogen-bond donors (Lipinski definition) is 1. The highest BCUT2D eigenvalue weighted by atomic mass is 79.9. The molecule has 3 nitrogen and oxygen atoms in total. The molecule has 1 aromatic carbocycles. The van der Waals surface area contributed by atoms with Crippen LogP contribution in [0.25, 0.3) is 10.9 Å². The molecule has 1 N–H and O–H groups in total. The molecule has 1 aromatic heterocycles. The highest BCUT2D eigenvalue weighted by Gasteiger charge is 2.38. The van der Waals surface area contributed by atoms with Gasteiger partial charge in [0.15, 0.2) is 0 Å². The van der Waals surface area contributed by atoms with Gasteiger partial charge in [-0.2, -0.15) is 0 Å². The van der Waals surface area contributed by atoms with Gasteiger partial charge in [0, 0.05) is 39.9 Å². The second kappa shape index (κ2) is 5.25. The highest BCUT2D eigenvalue weighted by Crippen LogP contribution is 2.36. The van der Waals surface area contributed by atoms with Crippen molar-refractivity contribution >= 4 is 32.5 Å². The summed E-state index contributed by atoms with van der Waals surface area (Å²) in [6, 6.07) is 10.6. The molecule has 2 aliphatic rings. The van der Waals surface area contributed by atoms with Gasteiger partial charge in [-0.15, -0.1) is 0 Å². The van der Waals surface area contributed by atoms with E-state index in [1.807, 2.05) is 6.20 Å². The summed E-state index contributed by atoms with van der Waals surface area (Å²) in [7, 11) is 2.29. The lowest BCUT2D eigenvalue weighted by Gasteiger charge is -2.37. The molecule has 2 aliphatic heterocycles. The molecule has 4 heteroatoms. The number of nitrogens with zero attached hydrogens (tertiary/aromatic N) is 2. The SMILES string of the molecule is CN1C2CCC1CC(Nc1ccnc3cc(Br)ccc13)C2. The zero-order valence-electron chi connectivity index (χ0n) is 12.2. The first-order valence-corrected chi connectivity index (χ1v) is 8.53. The van der Waals surface area contributed by atoms with E-state index >= 15 is 0 Å². The number of fused-ring (bicyclic) bond motifs is 3. The third-order valence-electron chi connectivity index (χ3n) is 5.16. The van der Waals surface area contributed by atoms with Crippen molar-refractivity contribution < 1.29 is 0 Å². The van der Waals surface area contributed by atoms with Gasteiger partial charge < -0.3 is 10.2 Å². The number of piperidine rings is 1. The first kappa shape index (κ1) is 13.5. The molecule has 2 aromatic rings. The average molecular weight is 346 g/mol. The molecule has 21 heavy (non-hydrogen) atoms. The minimum atomic E-state index is 0.591. The highest BCUT2D eigenvalue weighted by molar-refractivity contribution is 9.10. The van der Waals surface area contributed by atoms with Gasteiger partial charge >= 0.3 is 0 Å². The van der Waals surface area contributed by atoms with Gasteiger partial charge in [0.25, 0.3) is 0 Å². The summed E-state index contributed by atoms with van der Waals surface area (Å²) >= 11 is 3.52. The summed E-state index contributed by atoms with van der Waals surface area (Å²) in [5.41, 5.74) is 2.27. The molecule has 0 radical (unpaired) electrons. The molecule has 2 atom stereocenters. The molecular weight excluding hydrogens is 326 g/mol. The van der Waals surface area contributed by atoms with E-state index in [2.05, 4.69) is 62.4 Å². The fourth-order valence-corrected chi connectivity index (χ4v) is 4.35. The maximum absolute atomic E-state index is 4.47. The number of hydrogen-bond acceptors (Lipinski definition) is 3. The molecule has 2 bridgehead atoms.